The van der Waals surface area contributed by atoms with E-state index in [9.17, 15) is 8.42 Å². The van der Waals surface area contributed by atoms with Gasteiger partial charge in [0.1, 0.15) is 12.4 Å². The van der Waals surface area contributed by atoms with E-state index >= 15 is 0 Å². The maximum absolute atomic E-state index is 12.8. The fourth-order valence-corrected chi connectivity index (χ4v) is 4.67. The van der Waals surface area contributed by atoms with Crippen molar-refractivity contribution in [2.75, 3.05) is 13.2 Å². The predicted molar refractivity (Wildman–Crippen MR) is 83.7 cm³/mol. The second kappa shape index (κ2) is 5.79. The molecule has 1 heterocycles. The monoisotopic (exact) mass is 367 g/mol. The highest BCUT2D eigenvalue weighted by molar-refractivity contribution is 9.10. The summed E-state index contributed by atoms with van der Waals surface area (Å²) >= 11 is 3.31. The summed E-state index contributed by atoms with van der Waals surface area (Å²) in [4.78, 5) is 0.282. The van der Waals surface area contributed by atoms with Gasteiger partial charge in [0.15, 0.2) is 0 Å². The molecular formula is C15H14BrNO3S. The third kappa shape index (κ3) is 2.84. The van der Waals surface area contributed by atoms with Crippen LogP contribution in [-0.4, -0.2) is 25.9 Å². The molecule has 2 aromatic rings. The Balaban J connectivity index is 1.99. The van der Waals surface area contributed by atoms with Crippen LogP contribution in [0, 0.1) is 0 Å². The van der Waals surface area contributed by atoms with Crippen molar-refractivity contribution in [3.8, 4) is 5.75 Å². The van der Waals surface area contributed by atoms with Gasteiger partial charge in [-0.2, -0.15) is 4.31 Å². The van der Waals surface area contributed by atoms with E-state index in [4.69, 9.17) is 4.74 Å². The molecule has 0 radical (unpaired) electrons. The smallest absolute Gasteiger partial charge is 0.244 e. The molecule has 4 nitrogen and oxygen atoms in total. The Hall–Kier alpha value is -1.37. The first kappa shape index (κ1) is 14.6. The van der Waals surface area contributed by atoms with E-state index in [1.54, 1.807) is 24.3 Å². The first-order valence-corrected chi connectivity index (χ1v) is 8.78. The molecule has 0 atom stereocenters. The normalized spacial score (nSPS) is 15.9. The number of hydrogen-bond acceptors (Lipinski definition) is 3. The van der Waals surface area contributed by atoms with E-state index in [1.165, 1.54) is 4.31 Å². The summed E-state index contributed by atoms with van der Waals surface area (Å²) in [5.74, 6) is 0.752. The number of para-hydroxylation sites is 1. The number of benzene rings is 2. The first-order chi connectivity index (χ1) is 10.1. The average molecular weight is 368 g/mol. The van der Waals surface area contributed by atoms with Crippen molar-refractivity contribution in [2.24, 2.45) is 0 Å². The average Bonchev–Trinajstić information content (AvgIpc) is 2.70. The van der Waals surface area contributed by atoms with E-state index in [-0.39, 0.29) is 4.90 Å². The van der Waals surface area contributed by atoms with Gasteiger partial charge in [-0.1, -0.05) is 30.3 Å². The molecule has 0 aromatic heterocycles. The zero-order valence-electron chi connectivity index (χ0n) is 11.2. The van der Waals surface area contributed by atoms with E-state index in [0.717, 1.165) is 11.3 Å². The quantitative estimate of drug-likeness (QED) is 0.819. The Bertz CT molecular complexity index is 761. The van der Waals surface area contributed by atoms with E-state index in [2.05, 4.69) is 15.9 Å². The maximum atomic E-state index is 12.8. The van der Waals surface area contributed by atoms with Gasteiger partial charge in [0.2, 0.25) is 10.0 Å². The Morgan fingerprint density at radius 3 is 2.57 bits per heavy atom. The summed E-state index contributed by atoms with van der Waals surface area (Å²) < 4.78 is 33.3. The molecule has 0 N–H and O–H groups in total. The molecular weight excluding hydrogens is 354 g/mol. The van der Waals surface area contributed by atoms with Gasteiger partial charge < -0.3 is 4.74 Å². The number of rotatable bonds is 2. The molecule has 1 aliphatic heterocycles. The highest BCUT2D eigenvalue weighted by atomic mass is 79.9. The minimum Gasteiger partial charge on any atom is -0.492 e. The number of ether oxygens (including phenoxy) is 1. The first-order valence-electron chi connectivity index (χ1n) is 6.54. The molecule has 0 saturated heterocycles. The van der Waals surface area contributed by atoms with Gasteiger partial charge in [-0.05, 0) is 34.1 Å². The van der Waals surface area contributed by atoms with E-state index in [0.29, 0.717) is 24.2 Å². The van der Waals surface area contributed by atoms with Gasteiger partial charge in [0.05, 0.1) is 4.90 Å². The van der Waals surface area contributed by atoms with E-state index < -0.39 is 10.0 Å². The molecule has 0 bridgehead atoms. The molecule has 0 fully saturated rings. The highest BCUT2D eigenvalue weighted by Crippen LogP contribution is 2.29. The number of fused-ring (bicyclic) bond motifs is 1. The van der Waals surface area contributed by atoms with Crippen LogP contribution >= 0.6 is 15.9 Å². The fraction of sp³-hybridized carbons (Fsp3) is 0.200. The van der Waals surface area contributed by atoms with Crippen LogP contribution in [0.1, 0.15) is 5.56 Å². The molecule has 2 aromatic carbocycles. The molecule has 0 spiro atoms. The summed E-state index contributed by atoms with van der Waals surface area (Å²) in [5.41, 5.74) is 0.880. The molecule has 0 aliphatic carbocycles. The lowest BCUT2D eigenvalue weighted by atomic mass is 10.2. The summed E-state index contributed by atoms with van der Waals surface area (Å²) in [6.07, 6.45) is 0. The zero-order chi connectivity index (χ0) is 14.9. The second-order valence-electron chi connectivity index (χ2n) is 4.73. The number of nitrogens with zero attached hydrogens (tertiary/aromatic N) is 1. The maximum Gasteiger partial charge on any atom is 0.244 e. The van der Waals surface area contributed by atoms with Crippen LogP contribution < -0.4 is 4.74 Å². The minimum atomic E-state index is -3.55. The van der Waals surface area contributed by atoms with Gasteiger partial charge in [0.25, 0.3) is 0 Å². The zero-order valence-corrected chi connectivity index (χ0v) is 13.6. The lowest BCUT2D eigenvalue weighted by molar-refractivity contribution is 0.293. The third-order valence-corrected chi connectivity index (χ3v) is 6.23. The van der Waals surface area contributed by atoms with Crippen molar-refractivity contribution in [2.45, 2.75) is 11.4 Å². The van der Waals surface area contributed by atoms with Crippen LogP contribution in [0.2, 0.25) is 0 Å². The molecule has 3 rings (SSSR count). The topological polar surface area (TPSA) is 46.6 Å². The summed E-state index contributed by atoms with van der Waals surface area (Å²) in [5, 5.41) is 0. The molecule has 0 amide bonds. The van der Waals surface area contributed by atoms with Crippen LogP contribution in [0.15, 0.2) is 57.9 Å². The Morgan fingerprint density at radius 1 is 1.05 bits per heavy atom. The minimum absolute atomic E-state index is 0.282. The lowest BCUT2D eigenvalue weighted by Crippen LogP contribution is -2.32. The lowest BCUT2D eigenvalue weighted by Gasteiger charge is -2.20. The van der Waals surface area contributed by atoms with Gasteiger partial charge in [0, 0.05) is 23.1 Å². The number of halogens is 1. The molecule has 1 aliphatic rings. The van der Waals surface area contributed by atoms with Crippen LogP contribution in [0.25, 0.3) is 0 Å². The predicted octanol–water partition coefficient (Wildman–Crippen LogP) is 3.03. The molecule has 0 unspecified atom stereocenters. The van der Waals surface area contributed by atoms with Crippen LogP contribution in [-0.2, 0) is 16.6 Å². The van der Waals surface area contributed by atoms with Crippen molar-refractivity contribution >= 4 is 26.0 Å². The van der Waals surface area contributed by atoms with Crippen LogP contribution in [0.3, 0.4) is 0 Å². The largest absolute Gasteiger partial charge is 0.492 e. The van der Waals surface area contributed by atoms with E-state index in [1.807, 2.05) is 24.3 Å². The van der Waals surface area contributed by atoms with Crippen LogP contribution in [0.4, 0.5) is 0 Å². The van der Waals surface area contributed by atoms with Gasteiger partial charge in [-0.15, -0.1) is 0 Å². The Labute approximate surface area is 132 Å². The second-order valence-corrected chi connectivity index (χ2v) is 7.49. The summed E-state index contributed by atoms with van der Waals surface area (Å²) in [6.45, 7) is 0.999. The highest BCUT2D eigenvalue weighted by Gasteiger charge is 2.28. The SMILES string of the molecule is O=S(=O)(c1ccccc1Br)N1CCOc2ccccc2C1. The summed E-state index contributed by atoms with van der Waals surface area (Å²) in [7, 11) is -3.55. The third-order valence-electron chi connectivity index (χ3n) is 3.37. The summed E-state index contributed by atoms with van der Waals surface area (Å²) in [6, 6.07) is 14.4. The van der Waals surface area contributed by atoms with Gasteiger partial charge >= 0.3 is 0 Å². The molecule has 0 saturated carbocycles. The van der Waals surface area contributed by atoms with Crippen molar-refractivity contribution in [1.82, 2.24) is 4.31 Å². The molecule has 110 valence electrons. The van der Waals surface area contributed by atoms with Crippen LogP contribution in [0.5, 0.6) is 5.75 Å². The van der Waals surface area contributed by atoms with Crippen molar-refractivity contribution in [3.63, 3.8) is 0 Å². The van der Waals surface area contributed by atoms with Gasteiger partial charge in [-0.25, -0.2) is 8.42 Å². The van der Waals surface area contributed by atoms with Gasteiger partial charge in [-0.3, -0.25) is 0 Å². The standard InChI is InChI=1S/C15H14BrNO3S/c16-13-6-2-4-8-15(13)21(18,19)17-9-10-20-14-7-3-1-5-12(14)11-17/h1-8H,9-11H2. The number of hydrogen-bond donors (Lipinski definition) is 0. The molecule has 21 heavy (non-hydrogen) atoms. The van der Waals surface area contributed by atoms with Crippen molar-refractivity contribution in [3.05, 3.63) is 58.6 Å². The fourth-order valence-electron chi connectivity index (χ4n) is 2.30. The molecule has 6 heteroatoms. The Morgan fingerprint density at radius 2 is 1.76 bits per heavy atom. The van der Waals surface area contributed by atoms with Crippen molar-refractivity contribution in [1.29, 1.82) is 0 Å². The van der Waals surface area contributed by atoms with Crippen molar-refractivity contribution < 1.29 is 13.2 Å². The number of sulfonamides is 1. The Kier molecular flexibility index (Phi) is 4.01.